The van der Waals surface area contributed by atoms with Gasteiger partial charge in [-0.15, -0.1) is 0 Å². The van der Waals surface area contributed by atoms with E-state index in [4.69, 9.17) is 0 Å². The van der Waals surface area contributed by atoms with Crippen LogP contribution < -0.4 is 10.6 Å². The van der Waals surface area contributed by atoms with Gasteiger partial charge in [-0.25, -0.2) is 4.79 Å². The van der Waals surface area contributed by atoms with Gasteiger partial charge >= 0.3 is 6.03 Å². The second kappa shape index (κ2) is 10.3. The highest BCUT2D eigenvalue weighted by molar-refractivity contribution is 5.89. The minimum Gasteiger partial charge on any atom is -0.361 e. The lowest BCUT2D eigenvalue weighted by atomic mass is 10.0. The fourth-order valence-corrected chi connectivity index (χ4v) is 4.58. The molecule has 8 heteroatoms. The number of amides is 4. The van der Waals surface area contributed by atoms with Crippen LogP contribution in [0.1, 0.15) is 45.1 Å². The van der Waals surface area contributed by atoms with Crippen LogP contribution >= 0.6 is 0 Å². The summed E-state index contributed by atoms with van der Waals surface area (Å²) in [5.74, 6) is 0.299. The highest BCUT2D eigenvalue weighted by Crippen LogP contribution is 2.32. The summed E-state index contributed by atoms with van der Waals surface area (Å²) in [5, 5.41) is 6.83. The van der Waals surface area contributed by atoms with E-state index < -0.39 is 6.04 Å². The third kappa shape index (κ3) is 5.49. The van der Waals surface area contributed by atoms with Crippen LogP contribution in [-0.2, 0) is 16.0 Å². The lowest BCUT2D eigenvalue weighted by molar-refractivity contribution is -0.144. The van der Waals surface area contributed by atoms with E-state index in [-0.39, 0.29) is 29.8 Å². The molecule has 33 heavy (non-hydrogen) atoms. The number of urea groups is 1. The Morgan fingerprint density at radius 3 is 2.70 bits per heavy atom. The van der Waals surface area contributed by atoms with Crippen LogP contribution in [0.25, 0.3) is 10.9 Å². The molecule has 2 aromatic rings. The van der Waals surface area contributed by atoms with Crippen LogP contribution in [0.2, 0.25) is 0 Å². The number of carbonyl (C=O) groups is 3. The Morgan fingerprint density at radius 1 is 1.18 bits per heavy atom. The number of aromatic amines is 1. The molecule has 1 saturated carbocycles. The summed E-state index contributed by atoms with van der Waals surface area (Å²) in [5.41, 5.74) is 2.00. The molecular weight excluding hydrogens is 418 g/mol. The predicted octanol–water partition coefficient (Wildman–Crippen LogP) is 2.65. The third-order valence-corrected chi connectivity index (χ3v) is 6.67. The molecule has 0 bridgehead atoms. The number of H-pyrrole nitrogens is 1. The molecule has 2 unspecified atom stereocenters. The number of nitrogens with one attached hydrogen (secondary N) is 3. The third-order valence-electron chi connectivity index (χ3n) is 6.67. The zero-order chi connectivity index (χ0) is 23.4. The van der Waals surface area contributed by atoms with Gasteiger partial charge in [0.05, 0.1) is 0 Å². The summed E-state index contributed by atoms with van der Waals surface area (Å²) in [6.45, 7) is 6.17. The molecule has 1 aromatic carbocycles. The van der Waals surface area contributed by atoms with E-state index in [9.17, 15) is 14.4 Å². The maximum absolute atomic E-state index is 13.6. The number of carbonyl (C=O) groups excluding carboxylic acids is 3. The number of fused-ring (bicyclic) bond motifs is 1. The normalized spacial score (nSPS) is 19.4. The highest BCUT2D eigenvalue weighted by atomic mass is 16.2. The van der Waals surface area contributed by atoms with Crippen molar-refractivity contribution in [2.24, 2.45) is 5.92 Å². The van der Waals surface area contributed by atoms with Gasteiger partial charge < -0.3 is 25.4 Å². The fraction of sp³-hybridized carbons (Fsp3) is 0.560. The Labute approximate surface area is 195 Å². The summed E-state index contributed by atoms with van der Waals surface area (Å²) >= 11 is 0. The summed E-state index contributed by atoms with van der Waals surface area (Å²) in [6, 6.07) is 6.93. The van der Waals surface area contributed by atoms with Crippen LogP contribution in [0.5, 0.6) is 0 Å². The molecule has 4 rings (SSSR count). The van der Waals surface area contributed by atoms with Crippen LogP contribution in [0.3, 0.4) is 0 Å². The molecule has 2 aliphatic rings. The van der Waals surface area contributed by atoms with E-state index in [2.05, 4.69) is 22.5 Å². The predicted molar refractivity (Wildman–Crippen MR) is 128 cm³/mol. The minimum absolute atomic E-state index is 0.0251. The van der Waals surface area contributed by atoms with Gasteiger partial charge in [0, 0.05) is 61.7 Å². The Morgan fingerprint density at radius 2 is 1.97 bits per heavy atom. The Bertz CT molecular complexity index is 999. The molecule has 2 fully saturated rings. The number of nitrogens with zero attached hydrogens (tertiary/aromatic N) is 2. The molecule has 2 atom stereocenters. The molecule has 1 aliphatic carbocycles. The average Bonchev–Trinajstić information content (AvgIpc) is 3.59. The average molecular weight is 454 g/mol. The number of hydrogen-bond acceptors (Lipinski definition) is 3. The zero-order valence-corrected chi connectivity index (χ0v) is 19.6. The molecule has 0 radical (unpaired) electrons. The summed E-state index contributed by atoms with van der Waals surface area (Å²) in [7, 11) is 0. The molecule has 1 aromatic heterocycles. The van der Waals surface area contributed by atoms with Crippen molar-refractivity contribution in [3.63, 3.8) is 0 Å². The van der Waals surface area contributed by atoms with Gasteiger partial charge in [0.15, 0.2) is 0 Å². The first-order valence-corrected chi connectivity index (χ1v) is 12.2. The smallest absolute Gasteiger partial charge is 0.315 e. The van der Waals surface area contributed by atoms with Crippen LogP contribution in [-0.4, -0.2) is 70.9 Å². The quantitative estimate of drug-likeness (QED) is 0.536. The molecule has 4 amide bonds. The molecule has 1 saturated heterocycles. The number of hydrogen-bond donors (Lipinski definition) is 3. The topological polar surface area (TPSA) is 97.5 Å². The highest BCUT2D eigenvalue weighted by Gasteiger charge is 2.39. The molecule has 178 valence electrons. The van der Waals surface area contributed by atoms with Crippen molar-refractivity contribution < 1.29 is 14.4 Å². The van der Waals surface area contributed by atoms with Crippen molar-refractivity contribution in [3.05, 3.63) is 36.0 Å². The summed E-state index contributed by atoms with van der Waals surface area (Å²) in [4.78, 5) is 45.6. The first-order valence-electron chi connectivity index (χ1n) is 12.2. The summed E-state index contributed by atoms with van der Waals surface area (Å²) in [6.07, 6.45) is 6.15. The van der Waals surface area contributed by atoms with E-state index in [0.29, 0.717) is 32.6 Å². The van der Waals surface area contributed by atoms with Crippen molar-refractivity contribution in [1.82, 2.24) is 25.4 Å². The number of benzene rings is 1. The molecule has 8 nitrogen and oxygen atoms in total. The van der Waals surface area contributed by atoms with Crippen molar-refractivity contribution in [2.45, 2.75) is 58.0 Å². The van der Waals surface area contributed by atoms with Gasteiger partial charge in [-0.3, -0.25) is 9.59 Å². The minimum atomic E-state index is -0.677. The van der Waals surface area contributed by atoms with Gasteiger partial charge in [-0.1, -0.05) is 31.5 Å². The first-order chi connectivity index (χ1) is 16.0. The van der Waals surface area contributed by atoms with Crippen molar-refractivity contribution in [1.29, 1.82) is 0 Å². The van der Waals surface area contributed by atoms with Gasteiger partial charge in [0.25, 0.3) is 0 Å². The monoisotopic (exact) mass is 453 g/mol. The van der Waals surface area contributed by atoms with Gasteiger partial charge in [0.2, 0.25) is 11.8 Å². The first kappa shape index (κ1) is 23.1. The molecule has 2 heterocycles. The maximum Gasteiger partial charge on any atom is 0.315 e. The molecular formula is C25H35N5O3. The van der Waals surface area contributed by atoms with Gasteiger partial charge in [0.1, 0.15) is 6.04 Å². The maximum atomic E-state index is 13.6. The molecule has 1 aliphatic heterocycles. The Balaban J connectivity index is 1.46. The summed E-state index contributed by atoms with van der Waals surface area (Å²) < 4.78 is 0. The van der Waals surface area contributed by atoms with Crippen molar-refractivity contribution in [2.75, 3.05) is 26.2 Å². The second-order valence-electron chi connectivity index (χ2n) is 9.31. The number of rotatable bonds is 8. The van der Waals surface area contributed by atoms with E-state index in [0.717, 1.165) is 42.1 Å². The zero-order valence-electron chi connectivity index (χ0n) is 19.6. The van der Waals surface area contributed by atoms with Crippen LogP contribution in [0.15, 0.2) is 30.5 Å². The Hall–Kier alpha value is -3.03. The van der Waals surface area contributed by atoms with E-state index in [1.54, 1.807) is 4.90 Å². The number of aromatic nitrogens is 1. The van der Waals surface area contributed by atoms with Crippen LogP contribution in [0.4, 0.5) is 4.79 Å². The van der Waals surface area contributed by atoms with E-state index in [1.165, 1.54) is 0 Å². The van der Waals surface area contributed by atoms with E-state index >= 15 is 0 Å². The van der Waals surface area contributed by atoms with Crippen molar-refractivity contribution in [3.8, 4) is 0 Å². The van der Waals surface area contributed by atoms with Gasteiger partial charge in [-0.2, -0.15) is 0 Å². The van der Waals surface area contributed by atoms with E-state index in [1.807, 2.05) is 42.3 Å². The largest absolute Gasteiger partial charge is 0.361 e. The standard InChI is InChI=1S/C25H35N5O3/c1-3-4-11-26-25(33)28-22(14-19-15-27-21-8-6-5-7-20(19)21)24(32)29-12-13-30(17(2)16-29)23(31)18-9-10-18/h5-8,15,17-18,22,27H,3-4,9-14,16H2,1-2H3,(H2,26,28,33). The second-order valence-corrected chi connectivity index (χ2v) is 9.31. The molecule has 0 spiro atoms. The SMILES string of the molecule is CCCCNC(=O)NC(Cc1c[nH]c2ccccc12)C(=O)N1CCN(C(=O)C2CC2)C(C)C1. The van der Waals surface area contributed by atoms with Crippen molar-refractivity contribution >= 4 is 28.7 Å². The van der Waals surface area contributed by atoms with Gasteiger partial charge in [-0.05, 0) is 37.8 Å². The number of piperazine rings is 1. The lowest BCUT2D eigenvalue weighted by Gasteiger charge is -2.41. The lowest BCUT2D eigenvalue weighted by Crippen LogP contribution is -2.60. The molecule has 3 N–H and O–H groups in total. The fourth-order valence-electron chi connectivity index (χ4n) is 4.58. The number of unbranched alkanes of at least 4 members (excludes halogenated alkanes) is 1. The van der Waals surface area contributed by atoms with Crippen LogP contribution in [0, 0.1) is 5.92 Å². The number of para-hydroxylation sites is 1. The Kier molecular flexibility index (Phi) is 7.20.